The number of rotatable bonds is 6. The van der Waals surface area contributed by atoms with Gasteiger partial charge in [0.1, 0.15) is 12.3 Å². The van der Waals surface area contributed by atoms with Crippen LogP contribution in [0, 0.1) is 20.8 Å². The van der Waals surface area contributed by atoms with Crippen LogP contribution in [0.5, 0.6) is 0 Å². The van der Waals surface area contributed by atoms with Gasteiger partial charge in [0, 0.05) is 11.4 Å². The fraction of sp³-hybridized carbons (Fsp3) is 0.280. The Morgan fingerprint density at radius 2 is 1.85 bits per heavy atom. The van der Waals surface area contributed by atoms with Gasteiger partial charge in [0.2, 0.25) is 5.91 Å². The highest BCUT2D eigenvalue weighted by atomic mass is 16.3. The van der Waals surface area contributed by atoms with Crippen LogP contribution in [0.25, 0.3) is 11.0 Å². The lowest BCUT2D eigenvalue weighted by Gasteiger charge is -2.16. The van der Waals surface area contributed by atoms with Crippen molar-refractivity contribution in [2.45, 2.75) is 47.2 Å². The maximum absolute atomic E-state index is 13.4. The summed E-state index contributed by atoms with van der Waals surface area (Å²) in [4.78, 5) is 44.1. The number of fused-ring (bicyclic) bond motifs is 1. The van der Waals surface area contributed by atoms with Crippen LogP contribution in [-0.4, -0.2) is 20.0 Å². The molecular formula is C25H26N4O4. The summed E-state index contributed by atoms with van der Waals surface area (Å²) < 4.78 is 7.77. The summed E-state index contributed by atoms with van der Waals surface area (Å²) in [6.07, 6.45) is 2.26. The van der Waals surface area contributed by atoms with Gasteiger partial charge < -0.3 is 9.73 Å². The first-order valence-electron chi connectivity index (χ1n) is 10.8. The normalized spacial score (nSPS) is 11.2. The quantitative estimate of drug-likeness (QED) is 0.490. The highest BCUT2D eigenvalue weighted by Crippen LogP contribution is 2.21. The van der Waals surface area contributed by atoms with Gasteiger partial charge in [-0.3, -0.25) is 18.7 Å². The number of anilines is 1. The Balaban J connectivity index is 1.82. The second kappa shape index (κ2) is 8.90. The van der Waals surface area contributed by atoms with Crippen molar-refractivity contribution in [1.29, 1.82) is 0 Å². The summed E-state index contributed by atoms with van der Waals surface area (Å²) >= 11 is 0. The van der Waals surface area contributed by atoms with Crippen LogP contribution in [0.3, 0.4) is 0 Å². The Bertz CT molecular complexity index is 1460. The Morgan fingerprint density at radius 1 is 1.06 bits per heavy atom. The molecule has 4 aromatic rings. The number of benzene rings is 1. The second-order valence-corrected chi connectivity index (χ2v) is 8.13. The fourth-order valence-electron chi connectivity index (χ4n) is 4.10. The number of amides is 1. The molecule has 0 bridgehead atoms. The van der Waals surface area contributed by atoms with Gasteiger partial charge in [0.15, 0.2) is 5.65 Å². The zero-order chi connectivity index (χ0) is 23.7. The highest BCUT2D eigenvalue weighted by Gasteiger charge is 2.20. The van der Waals surface area contributed by atoms with E-state index in [1.54, 1.807) is 32.0 Å². The molecule has 4 rings (SSSR count). The minimum atomic E-state index is -0.614. The van der Waals surface area contributed by atoms with Crippen molar-refractivity contribution in [3.63, 3.8) is 0 Å². The molecule has 0 saturated heterocycles. The SMILES string of the molecule is CCc1cccc(C)c1NC(=O)Cn1c(=O)c2c(C)cc(C)nc2n(Cc2ccco2)c1=O. The summed E-state index contributed by atoms with van der Waals surface area (Å²) in [5.74, 6) is 0.0985. The summed E-state index contributed by atoms with van der Waals surface area (Å²) in [5, 5.41) is 3.20. The van der Waals surface area contributed by atoms with Gasteiger partial charge in [-0.15, -0.1) is 0 Å². The van der Waals surface area contributed by atoms with Gasteiger partial charge >= 0.3 is 5.69 Å². The van der Waals surface area contributed by atoms with Gasteiger partial charge in [-0.1, -0.05) is 25.1 Å². The number of para-hydroxylation sites is 1. The van der Waals surface area contributed by atoms with E-state index in [0.717, 1.165) is 22.1 Å². The minimum absolute atomic E-state index is 0.0951. The average molecular weight is 447 g/mol. The van der Waals surface area contributed by atoms with E-state index in [2.05, 4.69) is 10.3 Å². The molecule has 1 N–H and O–H groups in total. The lowest BCUT2D eigenvalue weighted by atomic mass is 10.1. The molecule has 3 aromatic heterocycles. The third kappa shape index (κ3) is 4.24. The number of pyridine rings is 1. The summed E-state index contributed by atoms with van der Waals surface area (Å²) in [5.41, 5.74) is 3.12. The van der Waals surface area contributed by atoms with Gasteiger partial charge in [0.25, 0.3) is 5.56 Å². The summed E-state index contributed by atoms with van der Waals surface area (Å²) in [7, 11) is 0. The summed E-state index contributed by atoms with van der Waals surface area (Å²) in [6, 6.07) is 11.0. The van der Waals surface area contributed by atoms with Crippen molar-refractivity contribution in [1.82, 2.24) is 14.1 Å². The monoisotopic (exact) mass is 446 g/mol. The van der Waals surface area contributed by atoms with Crippen molar-refractivity contribution in [3.8, 4) is 0 Å². The number of furan rings is 1. The van der Waals surface area contributed by atoms with Crippen molar-refractivity contribution in [2.75, 3.05) is 5.32 Å². The molecule has 0 aliphatic rings. The zero-order valence-corrected chi connectivity index (χ0v) is 19.1. The molecule has 0 radical (unpaired) electrons. The molecule has 3 heterocycles. The van der Waals surface area contributed by atoms with Gasteiger partial charge in [-0.05, 0) is 62.1 Å². The van der Waals surface area contributed by atoms with E-state index in [1.807, 2.05) is 32.0 Å². The van der Waals surface area contributed by atoms with Crippen LogP contribution in [0.4, 0.5) is 5.69 Å². The van der Waals surface area contributed by atoms with Gasteiger partial charge in [-0.25, -0.2) is 9.78 Å². The first kappa shape index (κ1) is 22.3. The van der Waals surface area contributed by atoms with E-state index in [9.17, 15) is 14.4 Å². The van der Waals surface area contributed by atoms with Gasteiger partial charge in [-0.2, -0.15) is 0 Å². The smallest absolute Gasteiger partial charge is 0.333 e. The largest absolute Gasteiger partial charge is 0.467 e. The lowest BCUT2D eigenvalue weighted by Crippen LogP contribution is -2.43. The van der Waals surface area contributed by atoms with Crippen LogP contribution in [0.15, 0.2) is 56.7 Å². The molecule has 8 heteroatoms. The fourth-order valence-corrected chi connectivity index (χ4v) is 4.10. The van der Waals surface area contributed by atoms with Crippen LogP contribution in [0.1, 0.15) is 35.1 Å². The predicted molar refractivity (Wildman–Crippen MR) is 127 cm³/mol. The van der Waals surface area contributed by atoms with Crippen molar-refractivity contribution in [3.05, 3.63) is 91.6 Å². The van der Waals surface area contributed by atoms with Crippen LogP contribution in [-0.2, 0) is 24.3 Å². The zero-order valence-electron chi connectivity index (χ0n) is 19.1. The molecule has 0 spiro atoms. The molecule has 0 aliphatic carbocycles. The topological polar surface area (TPSA) is 99.1 Å². The molecular weight excluding hydrogens is 420 g/mol. The number of aryl methyl sites for hydroxylation is 4. The van der Waals surface area contributed by atoms with E-state index in [4.69, 9.17) is 4.42 Å². The van der Waals surface area contributed by atoms with E-state index >= 15 is 0 Å². The summed E-state index contributed by atoms with van der Waals surface area (Å²) in [6.45, 7) is 7.20. The maximum atomic E-state index is 13.4. The molecule has 33 heavy (non-hydrogen) atoms. The average Bonchev–Trinajstić information content (AvgIpc) is 3.28. The number of aromatic nitrogens is 3. The Labute approximate surface area is 190 Å². The first-order valence-corrected chi connectivity index (χ1v) is 10.8. The number of nitrogens with one attached hydrogen (secondary N) is 1. The van der Waals surface area contributed by atoms with E-state index < -0.39 is 23.7 Å². The third-order valence-electron chi connectivity index (χ3n) is 5.70. The van der Waals surface area contributed by atoms with E-state index in [1.165, 1.54) is 10.8 Å². The molecule has 1 aromatic carbocycles. The van der Waals surface area contributed by atoms with Crippen molar-refractivity contribution < 1.29 is 9.21 Å². The van der Waals surface area contributed by atoms with Crippen molar-refractivity contribution in [2.24, 2.45) is 0 Å². The predicted octanol–water partition coefficient (Wildman–Crippen LogP) is 3.33. The molecule has 0 unspecified atom stereocenters. The number of hydrogen-bond acceptors (Lipinski definition) is 5. The Morgan fingerprint density at radius 3 is 2.55 bits per heavy atom. The highest BCUT2D eigenvalue weighted by molar-refractivity contribution is 5.92. The number of nitrogens with zero attached hydrogens (tertiary/aromatic N) is 3. The first-order chi connectivity index (χ1) is 15.8. The second-order valence-electron chi connectivity index (χ2n) is 8.13. The molecule has 0 aliphatic heterocycles. The number of hydrogen-bond donors (Lipinski definition) is 1. The molecule has 0 atom stereocenters. The Hall–Kier alpha value is -3.94. The minimum Gasteiger partial charge on any atom is -0.467 e. The number of carbonyl (C=O) groups excluding carboxylic acids is 1. The van der Waals surface area contributed by atoms with Crippen molar-refractivity contribution >= 4 is 22.6 Å². The lowest BCUT2D eigenvalue weighted by molar-refractivity contribution is -0.116. The maximum Gasteiger partial charge on any atom is 0.333 e. The van der Waals surface area contributed by atoms with E-state index in [0.29, 0.717) is 28.1 Å². The molecule has 8 nitrogen and oxygen atoms in total. The Kier molecular flexibility index (Phi) is 6.00. The third-order valence-corrected chi connectivity index (χ3v) is 5.70. The van der Waals surface area contributed by atoms with Crippen LogP contribution >= 0.6 is 0 Å². The molecule has 0 saturated carbocycles. The van der Waals surface area contributed by atoms with Crippen LogP contribution < -0.4 is 16.6 Å². The van der Waals surface area contributed by atoms with Gasteiger partial charge in [0.05, 0.1) is 18.2 Å². The van der Waals surface area contributed by atoms with Crippen LogP contribution in [0.2, 0.25) is 0 Å². The standard InChI is InChI=1S/C25H26N4O4/c1-5-18-9-6-8-15(2)22(18)27-20(30)14-29-24(31)21-16(3)12-17(4)26-23(21)28(25(29)32)13-19-10-7-11-33-19/h6-12H,5,13-14H2,1-4H3,(H,27,30). The molecule has 170 valence electrons. The van der Waals surface area contributed by atoms with E-state index in [-0.39, 0.29) is 12.2 Å². The number of carbonyl (C=O) groups is 1. The molecule has 0 fully saturated rings. The molecule has 1 amide bonds.